The summed E-state index contributed by atoms with van der Waals surface area (Å²) >= 11 is 0. The largest absolute Gasteiger partial charge is 0.481 e. The maximum Gasteiger partial charge on any atom is 0.259 e. The molecule has 2 aromatic heterocycles. The second-order valence-corrected chi connectivity index (χ2v) is 8.96. The van der Waals surface area contributed by atoms with Gasteiger partial charge in [0.25, 0.3) is 5.91 Å². The summed E-state index contributed by atoms with van der Waals surface area (Å²) in [6.07, 6.45) is 3.65. The molecule has 1 aromatic carbocycles. The molecule has 0 radical (unpaired) electrons. The number of carbonyl (C=O) groups excluding carboxylic acids is 1. The summed E-state index contributed by atoms with van der Waals surface area (Å²) in [4.78, 5) is 17.9. The molecule has 0 unspecified atom stereocenters. The quantitative estimate of drug-likeness (QED) is 0.498. The first-order valence-corrected chi connectivity index (χ1v) is 11.4. The van der Waals surface area contributed by atoms with Crippen LogP contribution in [0, 0.1) is 18.8 Å². The number of hydrogen-bond acceptors (Lipinski definition) is 5. The van der Waals surface area contributed by atoms with Gasteiger partial charge in [0.15, 0.2) is 0 Å². The van der Waals surface area contributed by atoms with E-state index in [-0.39, 0.29) is 11.4 Å². The zero-order valence-corrected chi connectivity index (χ0v) is 20.6. The third-order valence-electron chi connectivity index (χ3n) is 6.26. The van der Waals surface area contributed by atoms with Crippen LogP contribution in [-0.4, -0.2) is 29.7 Å². The molecule has 0 bridgehead atoms. The van der Waals surface area contributed by atoms with Gasteiger partial charge < -0.3 is 25.1 Å². The van der Waals surface area contributed by atoms with Gasteiger partial charge in [-0.15, -0.1) is 0 Å². The molecule has 1 amide bonds. The second kappa shape index (κ2) is 9.69. The SMILES string of the molecule is C=C(N)c1c(C(=O)Nc2ccc(COC)cc2)c(C#Cc2ccc(OC)nc2)n(C2(C)CC2)c1C. The van der Waals surface area contributed by atoms with E-state index in [1.54, 1.807) is 26.5 Å². The summed E-state index contributed by atoms with van der Waals surface area (Å²) in [6, 6.07) is 11.1. The molecule has 0 saturated heterocycles. The van der Waals surface area contributed by atoms with Crippen molar-refractivity contribution >= 4 is 17.3 Å². The van der Waals surface area contributed by atoms with Crippen LogP contribution >= 0.6 is 0 Å². The van der Waals surface area contributed by atoms with E-state index in [0.717, 1.165) is 24.1 Å². The van der Waals surface area contributed by atoms with E-state index in [0.29, 0.717) is 46.3 Å². The van der Waals surface area contributed by atoms with Crippen LogP contribution in [0.3, 0.4) is 0 Å². The topological polar surface area (TPSA) is 91.4 Å². The molecule has 1 aliphatic rings. The number of nitrogens with one attached hydrogen (secondary N) is 1. The van der Waals surface area contributed by atoms with Gasteiger partial charge in [-0.1, -0.05) is 24.6 Å². The van der Waals surface area contributed by atoms with Crippen LogP contribution in [0.2, 0.25) is 0 Å². The van der Waals surface area contributed by atoms with Crippen LogP contribution in [0.1, 0.15) is 58.2 Å². The molecule has 0 spiro atoms. The van der Waals surface area contributed by atoms with E-state index in [9.17, 15) is 4.79 Å². The van der Waals surface area contributed by atoms with Crippen molar-refractivity contribution in [3.8, 4) is 17.7 Å². The Morgan fingerprint density at radius 2 is 1.89 bits per heavy atom. The number of carbonyl (C=O) groups is 1. The molecule has 1 fully saturated rings. The van der Waals surface area contributed by atoms with Crippen molar-refractivity contribution in [1.29, 1.82) is 0 Å². The number of aromatic nitrogens is 2. The summed E-state index contributed by atoms with van der Waals surface area (Å²) < 4.78 is 12.4. The van der Waals surface area contributed by atoms with Gasteiger partial charge in [0, 0.05) is 53.1 Å². The standard InChI is InChI=1S/C28H30N4O3/c1-18(29)25-19(2)32(28(3)14-15-28)23(12-8-20-9-13-24(35-5)30-16-20)26(25)27(33)31-22-10-6-21(7-11-22)17-34-4/h6-7,9-11,13,16H,1,14-15,17,29H2,2-5H3,(H,31,33). The number of methoxy groups -OCH3 is 2. The third kappa shape index (κ3) is 4.93. The molecule has 7 nitrogen and oxygen atoms in total. The monoisotopic (exact) mass is 470 g/mol. The molecular formula is C28H30N4O3. The minimum atomic E-state index is -0.283. The van der Waals surface area contributed by atoms with Gasteiger partial charge in [0.2, 0.25) is 5.88 Å². The summed E-state index contributed by atoms with van der Waals surface area (Å²) in [5, 5.41) is 3.00. The predicted molar refractivity (Wildman–Crippen MR) is 137 cm³/mol. The van der Waals surface area contributed by atoms with Crippen molar-refractivity contribution in [3.63, 3.8) is 0 Å². The molecule has 3 aromatic rings. The molecule has 4 rings (SSSR count). The Morgan fingerprint density at radius 1 is 1.17 bits per heavy atom. The lowest BCUT2D eigenvalue weighted by atomic mass is 10.1. The van der Waals surface area contributed by atoms with Crippen LogP contribution in [0.25, 0.3) is 5.70 Å². The van der Waals surface area contributed by atoms with Gasteiger partial charge in [0.05, 0.1) is 19.3 Å². The molecule has 0 atom stereocenters. The zero-order chi connectivity index (χ0) is 25.2. The van der Waals surface area contributed by atoms with Crippen LogP contribution in [0.5, 0.6) is 5.88 Å². The summed E-state index contributed by atoms with van der Waals surface area (Å²) in [5.74, 6) is 6.64. The van der Waals surface area contributed by atoms with Crippen molar-refractivity contribution in [2.75, 3.05) is 19.5 Å². The van der Waals surface area contributed by atoms with Gasteiger partial charge in [-0.2, -0.15) is 0 Å². The summed E-state index contributed by atoms with van der Waals surface area (Å²) in [6.45, 7) is 8.60. The Bertz CT molecular complexity index is 1320. The number of nitrogens with two attached hydrogens (primary N) is 1. The lowest BCUT2D eigenvalue weighted by Gasteiger charge is -2.16. The first-order chi connectivity index (χ1) is 16.8. The normalized spacial score (nSPS) is 13.5. The molecule has 1 saturated carbocycles. The molecule has 1 aliphatic carbocycles. The second-order valence-electron chi connectivity index (χ2n) is 8.96. The fourth-order valence-electron chi connectivity index (χ4n) is 4.25. The first kappa shape index (κ1) is 24.1. The number of ether oxygens (including phenoxy) is 2. The maximum atomic E-state index is 13.6. The van der Waals surface area contributed by atoms with E-state index in [4.69, 9.17) is 15.2 Å². The molecule has 180 valence electrons. The van der Waals surface area contributed by atoms with Crippen molar-refractivity contribution in [1.82, 2.24) is 9.55 Å². The van der Waals surface area contributed by atoms with Gasteiger partial charge in [-0.25, -0.2) is 4.98 Å². The van der Waals surface area contributed by atoms with Crippen molar-refractivity contribution in [2.45, 2.75) is 38.8 Å². The van der Waals surface area contributed by atoms with Crippen LogP contribution in [0.4, 0.5) is 5.69 Å². The molecule has 35 heavy (non-hydrogen) atoms. The Labute approximate surface area is 206 Å². The highest BCUT2D eigenvalue weighted by molar-refractivity contribution is 6.09. The Hall–Kier alpha value is -4.02. The van der Waals surface area contributed by atoms with E-state index in [2.05, 4.69) is 40.2 Å². The number of benzene rings is 1. The third-order valence-corrected chi connectivity index (χ3v) is 6.26. The number of hydrogen-bond donors (Lipinski definition) is 2. The molecule has 0 aliphatic heterocycles. The van der Waals surface area contributed by atoms with Crippen molar-refractivity contribution in [3.05, 3.63) is 82.8 Å². The highest BCUT2D eigenvalue weighted by Crippen LogP contribution is 2.47. The first-order valence-electron chi connectivity index (χ1n) is 11.4. The number of pyridine rings is 1. The Balaban J connectivity index is 1.79. The van der Waals surface area contributed by atoms with Crippen LogP contribution in [0.15, 0.2) is 49.2 Å². The Kier molecular flexibility index (Phi) is 6.68. The average Bonchev–Trinajstić information content (AvgIpc) is 3.50. The lowest BCUT2D eigenvalue weighted by Crippen LogP contribution is -2.18. The van der Waals surface area contributed by atoms with E-state index >= 15 is 0 Å². The van der Waals surface area contributed by atoms with Crippen LogP contribution in [-0.2, 0) is 16.9 Å². The van der Waals surface area contributed by atoms with E-state index in [1.165, 1.54) is 0 Å². The maximum absolute atomic E-state index is 13.6. The fourth-order valence-corrected chi connectivity index (χ4v) is 4.25. The molecule has 7 heteroatoms. The van der Waals surface area contributed by atoms with Crippen molar-refractivity contribution in [2.24, 2.45) is 5.73 Å². The van der Waals surface area contributed by atoms with Crippen LogP contribution < -0.4 is 15.8 Å². The number of nitrogens with zero attached hydrogens (tertiary/aromatic N) is 2. The average molecular weight is 471 g/mol. The minimum absolute atomic E-state index is 0.114. The summed E-state index contributed by atoms with van der Waals surface area (Å²) in [7, 11) is 3.21. The lowest BCUT2D eigenvalue weighted by molar-refractivity contribution is 0.102. The van der Waals surface area contributed by atoms with Gasteiger partial charge in [-0.05, 0) is 56.4 Å². The van der Waals surface area contributed by atoms with Gasteiger partial charge >= 0.3 is 0 Å². The van der Waals surface area contributed by atoms with Crippen molar-refractivity contribution < 1.29 is 14.3 Å². The fraction of sp³-hybridized carbons (Fsp3) is 0.286. The number of rotatable bonds is 7. The zero-order valence-electron chi connectivity index (χ0n) is 20.6. The smallest absolute Gasteiger partial charge is 0.259 e. The molecule has 3 N–H and O–H groups in total. The number of anilines is 1. The van der Waals surface area contributed by atoms with E-state index < -0.39 is 0 Å². The van der Waals surface area contributed by atoms with Gasteiger partial charge in [0.1, 0.15) is 5.69 Å². The van der Waals surface area contributed by atoms with E-state index in [1.807, 2.05) is 37.3 Å². The highest BCUT2D eigenvalue weighted by atomic mass is 16.5. The highest BCUT2D eigenvalue weighted by Gasteiger charge is 2.43. The minimum Gasteiger partial charge on any atom is -0.481 e. The number of amides is 1. The summed E-state index contributed by atoms with van der Waals surface area (Å²) in [5.41, 5.74) is 11.4. The molecular weight excluding hydrogens is 440 g/mol. The Morgan fingerprint density at radius 3 is 2.43 bits per heavy atom. The predicted octanol–water partition coefficient (Wildman–Crippen LogP) is 4.44. The molecule has 2 heterocycles. The van der Waals surface area contributed by atoms with Gasteiger partial charge in [-0.3, -0.25) is 4.79 Å².